The highest BCUT2D eigenvalue weighted by Crippen LogP contribution is 2.33. The third-order valence-electron chi connectivity index (χ3n) is 6.06. The number of likely N-dealkylation sites (tertiary alicyclic amines) is 1. The van der Waals surface area contributed by atoms with E-state index >= 15 is 0 Å². The minimum atomic E-state index is -0.153. The van der Waals surface area contributed by atoms with Gasteiger partial charge < -0.3 is 14.3 Å². The zero-order valence-electron chi connectivity index (χ0n) is 17.6. The molecule has 3 aromatic rings. The monoisotopic (exact) mass is 448 g/mol. The van der Waals surface area contributed by atoms with Crippen LogP contribution < -0.4 is 5.56 Å². The highest BCUT2D eigenvalue weighted by atomic mass is 32.1. The molecule has 8 heteroatoms. The molecule has 1 unspecified atom stereocenters. The van der Waals surface area contributed by atoms with E-state index in [-0.39, 0.29) is 24.1 Å². The number of rotatable bonds is 5. The van der Waals surface area contributed by atoms with Gasteiger partial charge in [0.25, 0.3) is 5.56 Å². The number of piperidine rings is 1. The first-order valence-electron chi connectivity index (χ1n) is 10.8. The number of thiazole rings is 1. The number of aromatic nitrogens is 2. The van der Waals surface area contributed by atoms with Gasteiger partial charge in [0, 0.05) is 43.1 Å². The van der Waals surface area contributed by atoms with Crippen molar-refractivity contribution >= 4 is 23.0 Å². The van der Waals surface area contributed by atoms with Crippen LogP contribution in [0.15, 0.2) is 70.1 Å². The normalized spacial score (nSPS) is 18.9. The van der Waals surface area contributed by atoms with Crippen molar-refractivity contribution in [2.24, 2.45) is 5.16 Å². The summed E-state index contributed by atoms with van der Waals surface area (Å²) in [6.45, 7) is 1.45. The molecular formula is C24H24N4O3S. The maximum absolute atomic E-state index is 12.6. The van der Waals surface area contributed by atoms with Crippen molar-refractivity contribution in [3.05, 3.63) is 86.7 Å². The van der Waals surface area contributed by atoms with E-state index in [4.69, 9.17) is 9.82 Å². The smallest absolute Gasteiger partial charge is 0.250 e. The molecule has 0 bridgehead atoms. The van der Waals surface area contributed by atoms with E-state index < -0.39 is 0 Å². The molecule has 1 aromatic carbocycles. The average molecular weight is 449 g/mol. The molecular weight excluding hydrogens is 424 g/mol. The second-order valence-corrected chi connectivity index (χ2v) is 9.03. The number of pyridine rings is 1. The Morgan fingerprint density at radius 1 is 1.09 bits per heavy atom. The molecule has 2 aliphatic heterocycles. The molecule has 4 heterocycles. The SMILES string of the molecule is O=C(Cn1ccccc1=O)N1CCC(c2nc(C3=NOC(c4ccccc4)C3)cs2)CC1. The molecule has 1 atom stereocenters. The lowest BCUT2D eigenvalue weighted by Crippen LogP contribution is -2.41. The van der Waals surface area contributed by atoms with Crippen LogP contribution in [0.5, 0.6) is 0 Å². The molecule has 1 fully saturated rings. The van der Waals surface area contributed by atoms with Gasteiger partial charge in [-0.2, -0.15) is 0 Å². The van der Waals surface area contributed by atoms with Crippen LogP contribution in [-0.4, -0.2) is 39.2 Å². The Bertz CT molecular complexity index is 1180. The fourth-order valence-electron chi connectivity index (χ4n) is 4.20. The first-order valence-corrected chi connectivity index (χ1v) is 11.7. The topological polar surface area (TPSA) is 76.8 Å². The van der Waals surface area contributed by atoms with Gasteiger partial charge in [0.15, 0.2) is 6.10 Å². The van der Waals surface area contributed by atoms with Gasteiger partial charge in [0.2, 0.25) is 5.91 Å². The van der Waals surface area contributed by atoms with Crippen molar-refractivity contribution in [1.82, 2.24) is 14.5 Å². The van der Waals surface area contributed by atoms with Crippen LogP contribution in [0.3, 0.4) is 0 Å². The molecule has 2 aromatic heterocycles. The van der Waals surface area contributed by atoms with E-state index in [1.165, 1.54) is 10.6 Å². The van der Waals surface area contributed by atoms with Gasteiger partial charge in [-0.25, -0.2) is 4.98 Å². The molecule has 32 heavy (non-hydrogen) atoms. The number of carbonyl (C=O) groups excluding carboxylic acids is 1. The predicted molar refractivity (Wildman–Crippen MR) is 123 cm³/mol. The van der Waals surface area contributed by atoms with Crippen LogP contribution >= 0.6 is 11.3 Å². The Labute approximate surface area is 190 Å². The van der Waals surface area contributed by atoms with Crippen molar-refractivity contribution < 1.29 is 9.63 Å². The third kappa shape index (κ3) is 4.36. The molecule has 2 aliphatic rings. The van der Waals surface area contributed by atoms with Crippen LogP contribution in [0.2, 0.25) is 0 Å². The molecule has 7 nitrogen and oxygen atoms in total. The summed E-state index contributed by atoms with van der Waals surface area (Å²) in [6, 6.07) is 15.0. The van der Waals surface area contributed by atoms with Crippen molar-refractivity contribution in [2.75, 3.05) is 13.1 Å². The lowest BCUT2D eigenvalue weighted by molar-refractivity contribution is -0.132. The van der Waals surface area contributed by atoms with Gasteiger partial charge in [0.1, 0.15) is 12.3 Å². The van der Waals surface area contributed by atoms with Crippen LogP contribution in [-0.2, 0) is 16.2 Å². The summed E-state index contributed by atoms with van der Waals surface area (Å²) in [4.78, 5) is 36.8. The summed E-state index contributed by atoms with van der Waals surface area (Å²) in [5.74, 6) is 0.325. The van der Waals surface area contributed by atoms with E-state index in [0.717, 1.165) is 41.2 Å². The molecule has 164 valence electrons. The van der Waals surface area contributed by atoms with Crippen LogP contribution in [0.25, 0.3) is 0 Å². The Morgan fingerprint density at radius 3 is 2.66 bits per heavy atom. The molecule has 0 N–H and O–H groups in total. The molecule has 0 aliphatic carbocycles. The second kappa shape index (κ2) is 9.08. The number of hydrogen-bond donors (Lipinski definition) is 0. The molecule has 0 saturated carbocycles. The van der Waals surface area contributed by atoms with E-state index in [1.807, 2.05) is 23.1 Å². The van der Waals surface area contributed by atoms with E-state index in [2.05, 4.69) is 22.7 Å². The van der Waals surface area contributed by atoms with Crippen molar-refractivity contribution in [3.63, 3.8) is 0 Å². The number of benzene rings is 1. The standard InChI is InChI=1S/C24H24N4O3S/c29-22-8-4-5-11-28(22)15-23(30)27-12-9-18(10-13-27)24-25-20(16-32-24)19-14-21(31-26-19)17-6-2-1-3-7-17/h1-8,11,16,18,21H,9-10,12-15H2. The van der Waals surface area contributed by atoms with Gasteiger partial charge >= 0.3 is 0 Å². The Morgan fingerprint density at radius 2 is 1.88 bits per heavy atom. The molecule has 5 rings (SSSR count). The van der Waals surface area contributed by atoms with Crippen LogP contribution in [0.1, 0.15) is 47.5 Å². The second-order valence-electron chi connectivity index (χ2n) is 8.14. The minimum Gasteiger partial charge on any atom is -0.387 e. The first kappa shape index (κ1) is 20.6. The highest BCUT2D eigenvalue weighted by molar-refractivity contribution is 7.10. The van der Waals surface area contributed by atoms with Crippen LogP contribution in [0, 0.1) is 0 Å². The quantitative estimate of drug-likeness (QED) is 0.598. The first-order chi connectivity index (χ1) is 15.7. The number of hydrogen-bond acceptors (Lipinski definition) is 6. The van der Waals surface area contributed by atoms with Crippen molar-refractivity contribution in [1.29, 1.82) is 0 Å². The predicted octanol–water partition coefficient (Wildman–Crippen LogP) is 3.58. The highest BCUT2D eigenvalue weighted by Gasteiger charge is 2.28. The minimum absolute atomic E-state index is 0.0130. The summed E-state index contributed by atoms with van der Waals surface area (Å²) in [7, 11) is 0. The van der Waals surface area contributed by atoms with E-state index in [1.54, 1.807) is 29.7 Å². The maximum atomic E-state index is 12.6. The van der Waals surface area contributed by atoms with E-state index in [0.29, 0.717) is 19.0 Å². The van der Waals surface area contributed by atoms with Gasteiger partial charge in [0.05, 0.1) is 10.7 Å². The Balaban J connectivity index is 1.16. The molecule has 1 saturated heterocycles. The van der Waals surface area contributed by atoms with Gasteiger partial charge in [-0.1, -0.05) is 41.6 Å². The zero-order valence-corrected chi connectivity index (χ0v) is 18.4. The largest absolute Gasteiger partial charge is 0.387 e. The fraction of sp³-hybridized carbons (Fsp3) is 0.333. The summed E-state index contributed by atoms with van der Waals surface area (Å²) < 4.78 is 1.45. The third-order valence-corrected chi connectivity index (χ3v) is 7.07. The van der Waals surface area contributed by atoms with Gasteiger partial charge in [-0.05, 0) is 24.5 Å². The summed E-state index contributed by atoms with van der Waals surface area (Å²) >= 11 is 1.66. The van der Waals surface area contributed by atoms with Gasteiger partial charge in [-0.3, -0.25) is 9.59 Å². The van der Waals surface area contributed by atoms with Gasteiger partial charge in [-0.15, -0.1) is 11.3 Å². The molecule has 1 amide bonds. The number of oxime groups is 1. The number of nitrogens with zero attached hydrogens (tertiary/aromatic N) is 4. The summed E-state index contributed by atoms with van der Waals surface area (Å²) in [5.41, 5.74) is 2.75. The molecule has 0 radical (unpaired) electrons. The number of amides is 1. The Kier molecular flexibility index (Phi) is 5.85. The fourth-order valence-corrected chi connectivity index (χ4v) is 5.20. The van der Waals surface area contributed by atoms with Crippen molar-refractivity contribution in [3.8, 4) is 0 Å². The maximum Gasteiger partial charge on any atom is 0.250 e. The van der Waals surface area contributed by atoms with E-state index in [9.17, 15) is 9.59 Å². The molecule has 0 spiro atoms. The number of carbonyl (C=O) groups is 1. The Hall–Kier alpha value is -3.26. The van der Waals surface area contributed by atoms with Crippen LogP contribution in [0.4, 0.5) is 0 Å². The lowest BCUT2D eigenvalue weighted by atomic mass is 9.97. The summed E-state index contributed by atoms with van der Waals surface area (Å²) in [6.07, 6.45) is 4.07. The average Bonchev–Trinajstić information content (AvgIpc) is 3.51. The lowest BCUT2D eigenvalue weighted by Gasteiger charge is -2.31. The zero-order chi connectivity index (χ0) is 21.9. The van der Waals surface area contributed by atoms with Crippen molar-refractivity contribution in [2.45, 2.75) is 37.8 Å². The summed E-state index contributed by atoms with van der Waals surface area (Å²) in [5, 5.41) is 7.44.